The lowest BCUT2D eigenvalue weighted by Crippen LogP contribution is -1.99. The molecule has 82 valence electrons. The number of aryl methyl sites for hydroxylation is 2. The van der Waals surface area contributed by atoms with Crippen LogP contribution in [-0.2, 0) is 0 Å². The summed E-state index contributed by atoms with van der Waals surface area (Å²) in [6, 6.07) is 7.74. The van der Waals surface area contributed by atoms with Gasteiger partial charge in [-0.25, -0.2) is 9.78 Å². The van der Waals surface area contributed by atoms with Gasteiger partial charge < -0.3 is 5.11 Å². The zero-order valence-corrected chi connectivity index (χ0v) is 9.84. The van der Waals surface area contributed by atoms with Crippen LogP contribution >= 0.6 is 11.3 Å². The molecule has 0 saturated heterocycles. The van der Waals surface area contributed by atoms with E-state index in [-0.39, 0.29) is 5.69 Å². The predicted octanol–water partition coefficient (Wildman–Crippen LogP) is 3.13. The minimum atomic E-state index is -0.970. The number of carboxylic acid groups (broad SMARTS) is 1. The maximum absolute atomic E-state index is 11.1. The summed E-state index contributed by atoms with van der Waals surface area (Å²) in [5.41, 5.74) is 2.16. The van der Waals surface area contributed by atoms with Crippen molar-refractivity contribution in [3.05, 3.63) is 40.5 Å². The Morgan fingerprint density at radius 1 is 1.31 bits per heavy atom. The van der Waals surface area contributed by atoms with E-state index in [4.69, 9.17) is 5.11 Å². The van der Waals surface area contributed by atoms with Crippen molar-refractivity contribution < 1.29 is 9.90 Å². The molecule has 1 aromatic carbocycles. The average Bonchev–Trinajstić information content (AvgIpc) is 2.61. The van der Waals surface area contributed by atoms with Crippen LogP contribution in [0.25, 0.3) is 10.4 Å². The van der Waals surface area contributed by atoms with Crippen molar-refractivity contribution in [2.45, 2.75) is 13.8 Å². The molecule has 0 spiro atoms. The fourth-order valence-electron chi connectivity index (χ4n) is 1.58. The number of aromatic carboxylic acids is 1. The standard InChI is InChI=1S/C12H11NO2S/c1-7-5-3-4-6-9(7)11-10(12(14)15)13-8(2)16-11/h3-6H,1-2H3,(H,14,15). The fraction of sp³-hybridized carbons (Fsp3) is 0.167. The number of hydrogen-bond donors (Lipinski definition) is 1. The molecule has 0 bridgehead atoms. The highest BCUT2D eigenvalue weighted by molar-refractivity contribution is 7.15. The quantitative estimate of drug-likeness (QED) is 0.867. The maximum Gasteiger partial charge on any atom is 0.356 e. The van der Waals surface area contributed by atoms with Gasteiger partial charge in [0.05, 0.1) is 9.88 Å². The predicted molar refractivity (Wildman–Crippen MR) is 64.0 cm³/mol. The molecule has 0 aliphatic rings. The fourth-order valence-corrected chi connectivity index (χ4v) is 2.58. The molecule has 2 aromatic rings. The van der Waals surface area contributed by atoms with Gasteiger partial charge in [-0.15, -0.1) is 11.3 Å². The Balaban J connectivity index is 2.64. The van der Waals surface area contributed by atoms with Crippen molar-refractivity contribution >= 4 is 17.3 Å². The van der Waals surface area contributed by atoms with Crippen molar-refractivity contribution in [2.24, 2.45) is 0 Å². The Kier molecular flexibility index (Phi) is 2.75. The van der Waals surface area contributed by atoms with E-state index >= 15 is 0 Å². The smallest absolute Gasteiger partial charge is 0.356 e. The first-order valence-electron chi connectivity index (χ1n) is 4.86. The van der Waals surface area contributed by atoms with Gasteiger partial charge in [-0.3, -0.25) is 0 Å². The van der Waals surface area contributed by atoms with E-state index in [0.717, 1.165) is 21.0 Å². The van der Waals surface area contributed by atoms with Crippen LogP contribution in [0, 0.1) is 13.8 Å². The molecule has 0 atom stereocenters. The number of benzene rings is 1. The summed E-state index contributed by atoms with van der Waals surface area (Å²) in [5, 5.41) is 9.85. The van der Waals surface area contributed by atoms with Gasteiger partial charge in [0.25, 0.3) is 0 Å². The molecule has 0 aliphatic carbocycles. The SMILES string of the molecule is Cc1nc(C(=O)O)c(-c2ccccc2C)s1. The van der Waals surface area contributed by atoms with E-state index < -0.39 is 5.97 Å². The number of rotatable bonds is 2. The summed E-state index contributed by atoms with van der Waals surface area (Å²) in [6.45, 7) is 3.79. The van der Waals surface area contributed by atoms with E-state index in [2.05, 4.69) is 4.98 Å². The van der Waals surface area contributed by atoms with Crippen molar-refractivity contribution in [1.29, 1.82) is 0 Å². The summed E-state index contributed by atoms with van der Waals surface area (Å²) in [6.07, 6.45) is 0. The summed E-state index contributed by atoms with van der Waals surface area (Å²) in [4.78, 5) is 15.8. The number of carboxylic acids is 1. The van der Waals surface area contributed by atoms with E-state index in [1.807, 2.05) is 38.1 Å². The minimum Gasteiger partial charge on any atom is -0.476 e. The zero-order chi connectivity index (χ0) is 11.7. The van der Waals surface area contributed by atoms with Gasteiger partial charge in [-0.05, 0) is 25.0 Å². The first-order chi connectivity index (χ1) is 7.59. The third kappa shape index (κ3) is 1.84. The van der Waals surface area contributed by atoms with E-state index in [1.165, 1.54) is 11.3 Å². The van der Waals surface area contributed by atoms with E-state index in [9.17, 15) is 4.79 Å². The molecule has 1 N–H and O–H groups in total. The van der Waals surface area contributed by atoms with Crippen LogP contribution in [0.3, 0.4) is 0 Å². The molecule has 0 aliphatic heterocycles. The zero-order valence-electron chi connectivity index (χ0n) is 9.02. The second kappa shape index (κ2) is 4.06. The molecule has 3 nitrogen and oxygen atoms in total. The molecule has 0 saturated carbocycles. The first kappa shape index (κ1) is 10.8. The highest BCUT2D eigenvalue weighted by Crippen LogP contribution is 2.32. The Labute approximate surface area is 97.4 Å². The highest BCUT2D eigenvalue weighted by Gasteiger charge is 2.18. The van der Waals surface area contributed by atoms with Gasteiger partial charge in [0.15, 0.2) is 5.69 Å². The molecule has 0 radical (unpaired) electrons. The lowest BCUT2D eigenvalue weighted by molar-refractivity contribution is 0.0692. The van der Waals surface area contributed by atoms with Crippen LogP contribution in [0.15, 0.2) is 24.3 Å². The number of thiazole rings is 1. The van der Waals surface area contributed by atoms with Gasteiger partial charge >= 0.3 is 5.97 Å². The maximum atomic E-state index is 11.1. The van der Waals surface area contributed by atoms with Crippen LogP contribution in [0.1, 0.15) is 21.1 Å². The highest BCUT2D eigenvalue weighted by atomic mass is 32.1. The van der Waals surface area contributed by atoms with Crippen molar-refractivity contribution in [3.8, 4) is 10.4 Å². The van der Waals surface area contributed by atoms with Gasteiger partial charge in [0.2, 0.25) is 0 Å². The Morgan fingerprint density at radius 2 is 2.00 bits per heavy atom. The molecular weight excluding hydrogens is 222 g/mol. The molecule has 4 heteroatoms. The third-order valence-electron chi connectivity index (χ3n) is 2.33. The normalized spacial score (nSPS) is 10.4. The molecular formula is C12H11NO2S. The third-order valence-corrected chi connectivity index (χ3v) is 3.33. The van der Waals surface area contributed by atoms with Crippen LogP contribution in [-0.4, -0.2) is 16.1 Å². The first-order valence-corrected chi connectivity index (χ1v) is 5.68. The average molecular weight is 233 g/mol. The lowest BCUT2D eigenvalue weighted by Gasteiger charge is -2.02. The van der Waals surface area contributed by atoms with Gasteiger partial charge in [0.1, 0.15) is 0 Å². The number of aromatic nitrogens is 1. The van der Waals surface area contributed by atoms with Crippen molar-refractivity contribution in [1.82, 2.24) is 4.98 Å². The largest absolute Gasteiger partial charge is 0.476 e. The Bertz CT molecular complexity index is 546. The Morgan fingerprint density at radius 3 is 2.62 bits per heavy atom. The summed E-state index contributed by atoms with van der Waals surface area (Å²) in [7, 11) is 0. The monoisotopic (exact) mass is 233 g/mol. The van der Waals surface area contributed by atoms with E-state index in [0.29, 0.717) is 0 Å². The molecule has 0 amide bonds. The molecule has 0 unspecified atom stereocenters. The van der Waals surface area contributed by atoms with Crippen LogP contribution < -0.4 is 0 Å². The topological polar surface area (TPSA) is 50.2 Å². The van der Waals surface area contributed by atoms with Gasteiger partial charge in [-0.2, -0.15) is 0 Å². The van der Waals surface area contributed by atoms with Crippen molar-refractivity contribution in [2.75, 3.05) is 0 Å². The van der Waals surface area contributed by atoms with Gasteiger partial charge in [-0.1, -0.05) is 24.3 Å². The van der Waals surface area contributed by atoms with Crippen LogP contribution in [0.4, 0.5) is 0 Å². The molecule has 1 heterocycles. The van der Waals surface area contributed by atoms with Crippen LogP contribution in [0.2, 0.25) is 0 Å². The van der Waals surface area contributed by atoms with Crippen LogP contribution in [0.5, 0.6) is 0 Å². The van der Waals surface area contributed by atoms with Crippen molar-refractivity contribution in [3.63, 3.8) is 0 Å². The molecule has 0 fully saturated rings. The minimum absolute atomic E-state index is 0.150. The second-order valence-corrected chi connectivity index (χ2v) is 4.73. The Hall–Kier alpha value is -1.68. The molecule has 2 rings (SSSR count). The van der Waals surface area contributed by atoms with Gasteiger partial charge in [0, 0.05) is 0 Å². The number of nitrogens with zero attached hydrogens (tertiary/aromatic N) is 1. The summed E-state index contributed by atoms with van der Waals surface area (Å²) in [5.74, 6) is -0.970. The number of carbonyl (C=O) groups is 1. The molecule has 1 aromatic heterocycles. The molecule has 16 heavy (non-hydrogen) atoms. The second-order valence-electron chi connectivity index (χ2n) is 3.53. The van der Waals surface area contributed by atoms with E-state index in [1.54, 1.807) is 0 Å². The lowest BCUT2D eigenvalue weighted by atomic mass is 10.1. The summed E-state index contributed by atoms with van der Waals surface area (Å²) < 4.78 is 0. The number of hydrogen-bond acceptors (Lipinski definition) is 3. The summed E-state index contributed by atoms with van der Waals surface area (Å²) >= 11 is 1.42.